The molecule has 1 aromatic carbocycles. The van der Waals surface area contributed by atoms with Crippen LogP contribution in [0.25, 0.3) is 0 Å². The molecule has 0 unspecified atom stereocenters. The van der Waals surface area contributed by atoms with E-state index in [1.807, 2.05) is 0 Å². The SMILES string of the molecule is CCCCCCCCCCC(=O)OCCCCCc1ccccc1. The Balaban J connectivity index is 1.83. The maximum absolute atomic E-state index is 11.6. The van der Waals surface area contributed by atoms with E-state index in [4.69, 9.17) is 4.74 Å². The van der Waals surface area contributed by atoms with Gasteiger partial charge in [0.2, 0.25) is 0 Å². The van der Waals surface area contributed by atoms with Crippen LogP contribution in [0.4, 0.5) is 0 Å². The number of benzene rings is 1. The van der Waals surface area contributed by atoms with Crippen molar-refractivity contribution in [3.8, 4) is 0 Å². The average molecular weight is 333 g/mol. The van der Waals surface area contributed by atoms with Crippen molar-refractivity contribution in [3.63, 3.8) is 0 Å². The Morgan fingerprint density at radius 3 is 2.12 bits per heavy atom. The van der Waals surface area contributed by atoms with Crippen LogP contribution in [0.1, 0.15) is 89.5 Å². The number of hydrogen-bond donors (Lipinski definition) is 0. The first kappa shape index (κ1) is 20.7. The Morgan fingerprint density at radius 1 is 0.792 bits per heavy atom. The number of hydrogen-bond acceptors (Lipinski definition) is 2. The van der Waals surface area contributed by atoms with E-state index in [1.165, 1.54) is 50.5 Å². The minimum Gasteiger partial charge on any atom is -0.466 e. The summed E-state index contributed by atoms with van der Waals surface area (Å²) in [7, 11) is 0. The fourth-order valence-electron chi connectivity index (χ4n) is 2.91. The molecule has 0 N–H and O–H groups in total. The Labute approximate surface area is 149 Å². The van der Waals surface area contributed by atoms with Gasteiger partial charge in [0.25, 0.3) is 0 Å². The van der Waals surface area contributed by atoms with Gasteiger partial charge in [0, 0.05) is 6.42 Å². The lowest BCUT2D eigenvalue weighted by atomic mass is 10.1. The Hall–Kier alpha value is -1.31. The lowest BCUT2D eigenvalue weighted by Crippen LogP contribution is -2.05. The van der Waals surface area contributed by atoms with Gasteiger partial charge in [-0.25, -0.2) is 0 Å². The van der Waals surface area contributed by atoms with Crippen molar-refractivity contribution in [2.45, 2.75) is 90.4 Å². The van der Waals surface area contributed by atoms with E-state index >= 15 is 0 Å². The van der Waals surface area contributed by atoms with Gasteiger partial charge >= 0.3 is 5.97 Å². The summed E-state index contributed by atoms with van der Waals surface area (Å²) in [5, 5.41) is 0. The number of carbonyl (C=O) groups excluding carboxylic acids is 1. The highest BCUT2D eigenvalue weighted by molar-refractivity contribution is 5.69. The van der Waals surface area contributed by atoms with E-state index in [0.29, 0.717) is 13.0 Å². The molecule has 0 aliphatic heterocycles. The summed E-state index contributed by atoms with van der Waals surface area (Å²) in [4.78, 5) is 11.6. The second-order valence-corrected chi connectivity index (χ2v) is 6.74. The maximum atomic E-state index is 11.6. The molecule has 0 radical (unpaired) electrons. The van der Waals surface area contributed by atoms with Crippen LogP contribution in [0.5, 0.6) is 0 Å². The van der Waals surface area contributed by atoms with Crippen molar-refractivity contribution in [1.82, 2.24) is 0 Å². The lowest BCUT2D eigenvalue weighted by molar-refractivity contribution is -0.143. The van der Waals surface area contributed by atoms with E-state index in [2.05, 4.69) is 37.3 Å². The summed E-state index contributed by atoms with van der Waals surface area (Å²) < 4.78 is 5.32. The first-order chi connectivity index (χ1) is 11.8. The highest BCUT2D eigenvalue weighted by Crippen LogP contribution is 2.10. The van der Waals surface area contributed by atoms with Crippen molar-refractivity contribution in [3.05, 3.63) is 35.9 Å². The number of rotatable bonds is 15. The third kappa shape index (κ3) is 12.2. The van der Waals surface area contributed by atoms with Gasteiger partial charge in [-0.15, -0.1) is 0 Å². The molecule has 0 atom stereocenters. The maximum Gasteiger partial charge on any atom is 0.305 e. The molecule has 2 heteroatoms. The summed E-state index contributed by atoms with van der Waals surface area (Å²) in [5.41, 5.74) is 1.39. The van der Waals surface area contributed by atoms with Gasteiger partial charge in [-0.3, -0.25) is 4.79 Å². The van der Waals surface area contributed by atoms with E-state index in [9.17, 15) is 4.79 Å². The molecular weight excluding hydrogens is 296 g/mol. The van der Waals surface area contributed by atoms with E-state index < -0.39 is 0 Å². The van der Waals surface area contributed by atoms with E-state index in [-0.39, 0.29) is 5.97 Å². The molecule has 24 heavy (non-hydrogen) atoms. The summed E-state index contributed by atoms with van der Waals surface area (Å²) in [6.45, 7) is 2.83. The molecule has 0 amide bonds. The third-order valence-corrected chi connectivity index (χ3v) is 4.45. The minimum atomic E-state index is -0.0101. The molecule has 0 aromatic heterocycles. The Morgan fingerprint density at radius 2 is 1.42 bits per heavy atom. The fraction of sp³-hybridized carbons (Fsp3) is 0.682. The molecule has 1 aromatic rings. The molecule has 0 aliphatic rings. The predicted molar refractivity (Wildman–Crippen MR) is 102 cm³/mol. The second kappa shape index (κ2) is 15.2. The Kier molecular flexibility index (Phi) is 13.2. The van der Waals surface area contributed by atoms with E-state index in [1.54, 1.807) is 0 Å². The molecule has 0 heterocycles. The van der Waals surface area contributed by atoms with Crippen LogP contribution in [0.2, 0.25) is 0 Å². The molecule has 2 nitrogen and oxygen atoms in total. The molecule has 0 spiro atoms. The molecule has 0 saturated heterocycles. The number of carbonyl (C=O) groups is 1. The van der Waals surface area contributed by atoms with Crippen LogP contribution in [-0.4, -0.2) is 12.6 Å². The van der Waals surface area contributed by atoms with Gasteiger partial charge in [0.05, 0.1) is 6.61 Å². The number of unbranched alkanes of at least 4 members (excludes halogenated alkanes) is 9. The highest BCUT2D eigenvalue weighted by Gasteiger charge is 2.02. The highest BCUT2D eigenvalue weighted by atomic mass is 16.5. The quantitative estimate of drug-likeness (QED) is 0.271. The molecular formula is C22H36O2. The van der Waals surface area contributed by atoms with Gasteiger partial charge in [0.15, 0.2) is 0 Å². The van der Waals surface area contributed by atoms with Crippen LogP contribution in [0.3, 0.4) is 0 Å². The first-order valence-corrected chi connectivity index (χ1v) is 10.0. The van der Waals surface area contributed by atoms with Gasteiger partial charge in [0.1, 0.15) is 0 Å². The largest absolute Gasteiger partial charge is 0.466 e. The van der Waals surface area contributed by atoms with Gasteiger partial charge < -0.3 is 4.74 Å². The number of ether oxygens (including phenoxy) is 1. The zero-order valence-corrected chi connectivity index (χ0v) is 15.6. The van der Waals surface area contributed by atoms with Crippen LogP contribution in [0, 0.1) is 0 Å². The van der Waals surface area contributed by atoms with Crippen LogP contribution < -0.4 is 0 Å². The zero-order valence-electron chi connectivity index (χ0n) is 15.6. The van der Waals surface area contributed by atoms with Crippen molar-refractivity contribution in [1.29, 1.82) is 0 Å². The first-order valence-electron chi connectivity index (χ1n) is 10.0. The van der Waals surface area contributed by atoms with Crippen molar-refractivity contribution in [2.24, 2.45) is 0 Å². The molecule has 0 saturated carbocycles. The van der Waals surface area contributed by atoms with E-state index in [0.717, 1.165) is 32.1 Å². The van der Waals surface area contributed by atoms with Gasteiger partial charge in [-0.1, -0.05) is 82.2 Å². The monoisotopic (exact) mass is 332 g/mol. The van der Waals surface area contributed by atoms with Crippen LogP contribution in [-0.2, 0) is 16.0 Å². The van der Waals surface area contributed by atoms with Gasteiger partial charge in [-0.2, -0.15) is 0 Å². The lowest BCUT2D eigenvalue weighted by Gasteiger charge is -2.05. The van der Waals surface area contributed by atoms with Crippen molar-refractivity contribution in [2.75, 3.05) is 6.61 Å². The molecule has 136 valence electrons. The normalized spacial score (nSPS) is 10.7. The number of aryl methyl sites for hydroxylation is 1. The molecule has 0 fully saturated rings. The minimum absolute atomic E-state index is 0.0101. The standard InChI is InChI=1S/C22H36O2/c1-2-3-4-5-6-7-8-14-19-22(23)24-20-15-10-13-18-21-16-11-9-12-17-21/h9,11-12,16-17H,2-8,10,13-15,18-20H2,1H3. The van der Waals surface area contributed by atoms with Crippen LogP contribution in [0.15, 0.2) is 30.3 Å². The predicted octanol–water partition coefficient (Wildman–Crippen LogP) is 6.47. The van der Waals surface area contributed by atoms with Crippen LogP contribution >= 0.6 is 0 Å². The average Bonchev–Trinajstić information content (AvgIpc) is 2.61. The topological polar surface area (TPSA) is 26.3 Å². The summed E-state index contributed by atoms with van der Waals surface area (Å²) in [6.07, 6.45) is 15.1. The molecule has 1 rings (SSSR count). The number of esters is 1. The Bertz CT molecular complexity index is 400. The zero-order chi connectivity index (χ0) is 17.3. The third-order valence-electron chi connectivity index (χ3n) is 4.45. The van der Waals surface area contributed by atoms with Crippen molar-refractivity contribution < 1.29 is 9.53 Å². The second-order valence-electron chi connectivity index (χ2n) is 6.74. The summed E-state index contributed by atoms with van der Waals surface area (Å²) in [6, 6.07) is 10.6. The summed E-state index contributed by atoms with van der Waals surface area (Å²) in [5.74, 6) is -0.0101. The summed E-state index contributed by atoms with van der Waals surface area (Å²) >= 11 is 0. The molecule has 0 aliphatic carbocycles. The van der Waals surface area contributed by atoms with Crippen molar-refractivity contribution >= 4 is 5.97 Å². The smallest absolute Gasteiger partial charge is 0.305 e. The fourth-order valence-corrected chi connectivity index (χ4v) is 2.91. The van der Waals surface area contributed by atoms with Gasteiger partial charge in [-0.05, 0) is 37.7 Å². The molecule has 0 bridgehead atoms.